The lowest BCUT2D eigenvalue weighted by atomic mass is 10.1. The van der Waals surface area contributed by atoms with E-state index in [9.17, 15) is 5.11 Å². The minimum atomic E-state index is -0.491. The molecule has 3 rings (SSSR count). The summed E-state index contributed by atoms with van der Waals surface area (Å²) in [7, 11) is 0. The van der Waals surface area contributed by atoms with Crippen molar-refractivity contribution in [2.24, 2.45) is 0 Å². The average molecular weight is 333 g/mol. The summed E-state index contributed by atoms with van der Waals surface area (Å²) in [6.07, 6.45) is 5.09. The van der Waals surface area contributed by atoms with Crippen LogP contribution in [0.3, 0.4) is 0 Å². The smallest absolute Gasteiger partial charge is 0.0915 e. The number of rotatable bonds is 4. The van der Waals surface area contributed by atoms with Crippen LogP contribution in [0, 0.1) is 0 Å². The Hall–Kier alpha value is -1.23. The van der Waals surface area contributed by atoms with E-state index in [-0.39, 0.29) is 0 Å². The fraction of sp³-hybridized carbons (Fsp3) is 0.312. The molecule has 0 saturated carbocycles. The van der Waals surface area contributed by atoms with Gasteiger partial charge in [-0.05, 0) is 47.7 Å². The van der Waals surface area contributed by atoms with Crippen LogP contribution in [0.25, 0.3) is 0 Å². The van der Waals surface area contributed by atoms with Crippen LogP contribution in [-0.2, 0) is 6.42 Å². The molecule has 1 heterocycles. The Morgan fingerprint density at radius 2 is 2.10 bits per heavy atom. The molecule has 3 nitrogen and oxygen atoms in total. The van der Waals surface area contributed by atoms with Crippen molar-refractivity contribution in [3.8, 4) is 0 Å². The van der Waals surface area contributed by atoms with Crippen molar-refractivity contribution < 1.29 is 5.11 Å². The van der Waals surface area contributed by atoms with Gasteiger partial charge in [0, 0.05) is 29.5 Å². The van der Waals surface area contributed by atoms with Gasteiger partial charge in [0.1, 0.15) is 0 Å². The molecule has 0 aliphatic heterocycles. The number of aliphatic hydroxyl groups is 1. The largest absolute Gasteiger partial charge is 0.387 e. The molecule has 0 fully saturated rings. The zero-order valence-electron chi connectivity index (χ0n) is 11.1. The first-order valence-electron chi connectivity index (χ1n) is 6.84. The number of hydrogen-bond acceptors (Lipinski definition) is 3. The van der Waals surface area contributed by atoms with E-state index >= 15 is 0 Å². The molecule has 4 heteroatoms. The van der Waals surface area contributed by atoms with Crippen LogP contribution in [0.4, 0.5) is 0 Å². The maximum atomic E-state index is 10.2. The van der Waals surface area contributed by atoms with E-state index in [1.165, 1.54) is 15.6 Å². The van der Waals surface area contributed by atoms with E-state index in [0.29, 0.717) is 12.6 Å². The Labute approximate surface area is 127 Å². The van der Waals surface area contributed by atoms with Gasteiger partial charge in [-0.25, -0.2) is 0 Å². The van der Waals surface area contributed by atoms with Crippen LogP contribution in [0.5, 0.6) is 0 Å². The van der Waals surface area contributed by atoms with Crippen molar-refractivity contribution in [3.05, 3.63) is 63.9 Å². The van der Waals surface area contributed by atoms with Crippen LogP contribution in [0.15, 0.2) is 47.2 Å². The van der Waals surface area contributed by atoms with Gasteiger partial charge in [0.25, 0.3) is 0 Å². The van der Waals surface area contributed by atoms with Crippen LogP contribution >= 0.6 is 15.9 Å². The zero-order valence-corrected chi connectivity index (χ0v) is 12.7. The minimum Gasteiger partial charge on any atom is -0.387 e. The van der Waals surface area contributed by atoms with Crippen LogP contribution < -0.4 is 5.32 Å². The molecule has 1 aromatic heterocycles. The Kier molecular flexibility index (Phi) is 4.15. The van der Waals surface area contributed by atoms with Gasteiger partial charge in [-0.1, -0.05) is 28.1 Å². The average Bonchev–Trinajstić information content (AvgIpc) is 2.90. The molecule has 0 spiro atoms. The summed E-state index contributed by atoms with van der Waals surface area (Å²) in [6.45, 7) is 0.556. The van der Waals surface area contributed by atoms with Gasteiger partial charge in [-0.15, -0.1) is 0 Å². The van der Waals surface area contributed by atoms with Gasteiger partial charge in [0.2, 0.25) is 0 Å². The fourth-order valence-corrected chi connectivity index (χ4v) is 3.36. The molecule has 0 bridgehead atoms. The fourth-order valence-electron chi connectivity index (χ4n) is 2.78. The van der Waals surface area contributed by atoms with Crippen LogP contribution in [0.1, 0.15) is 35.3 Å². The first-order valence-corrected chi connectivity index (χ1v) is 7.63. The molecule has 2 atom stereocenters. The van der Waals surface area contributed by atoms with Crippen molar-refractivity contribution in [1.29, 1.82) is 0 Å². The predicted octanol–water partition coefficient (Wildman–Crippen LogP) is 3.15. The van der Waals surface area contributed by atoms with Gasteiger partial charge >= 0.3 is 0 Å². The number of benzene rings is 1. The van der Waals surface area contributed by atoms with E-state index in [2.05, 4.69) is 44.4 Å². The normalized spacial score (nSPS) is 18.8. The molecule has 0 amide bonds. The first kappa shape index (κ1) is 13.7. The molecule has 2 N–H and O–H groups in total. The van der Waals surface area contributed by atoms with Gasteiger partial charge in [-0.3, -0.25) is 4.98 Å². The van der Waals surface area contributed by atoms with Gasteiger partial charge in [0.15, 0.2) is 0 Å². The van der Waals surface area contributed by atoms with E-state index in [0.717, 1.165) is 18.4 Å². The van der Waals surface area contributed by atoms with Gasteiger partial charge < -0.3 is 10.4 Å². The lowest BCUT2D eigenvalue weighted by Crippen LogP contribution is -2.25. The monoisotopic (exact) mass is 332 g/mol. The number of aromatic nitrogens is 1. The van der Waals surface area contributed by atoms with Crippen molar-refractivity contribution in [2.45, 2.75) is 25.0 Å². The number of nitrogens with zero attached hydrogens (tertiary/aromatic N) is 1. The summed E-state index contributed by atoms with van der Waals surface area (Å²) >= 11 is 3.61. The molecular weight excluding hydrogens is 316 g/mol. The molecule has 1 aliphatic carbocycles. The van der Waals surface area contributed by atoms with Crippen molar-refractivity contribution in [2.75, 3.05) is 6.54 Å². The quantitative estimate of drug-likeness (QED) is 0.903. The molecule has 2 aromatic rings. The molecule has 104 valence electrons. The molecule has 1 aliphatic rings. The lowest BCUT2D eigenvalue weighted by Gasteiger charge is -2.17. The van der Waals surface area contributed by atoms with Crippen LogP contribution in [-0.4, -0.2) is 16.6 Å². The number of halogens is 1. The second kappa shape index (κ2) is 6.04. The lowest BCUT2D eigenvalue weighted by molar-refractivity contribution is 0.169. The number of hydrogen-bond donors (Lipinski definition) is 2. The zero-order chi connectivity index (χ0) is 13.9. The Morgan fingerprint density at radius 1 is 1.30 bits per heavy atom. The molecule has 20 heavy (non-hydrogen) atoms. The predicted molar refractivity (Wildman–Crippen MR) is 82.4 cm³/mol. The molecule has 0 unspecified atom stereocenters. The SMILES string of the molecule is O[C@@H](CN[C@H]1CCc2c(Br)cccc21)c1ccncc1. The third kappa shape index (κ3) is 2.77. The summed E-state index contributed by atoms with van der Waals surface area (Å²) in [4.78, 5) is 3.97. The Bertz CT molecular complexity index is 588. The Balaban J connectivity index is 1.65. The van der Waals surface area contributed by atoms with E-state index < -0.39 is 6.10 Å². The topological polar surface area (TPSA) is 45.1 Å². The third-order valence-corrected chi connectivity index (χ3v) is 4.60. The summed E-state index contributed by atoms with van der Waals surface area (Å²) in [6, 6.07) is 10.4. The van der Waals surface area contributed by atoms with Crippen molar-refractivity contribution >= 4 is 15.9 Å². The molecular formula is C16H17BrN2O. The second-order valence-corrected chi connectivity index (χ2v) is 5.96. The van der Waals surface area contributed by atoms with E-state index in [1.807, 2.05) is 12.1 Å². The summed E-state index contributed by atoms with van der Waals surface area (Å²) in [5.41, 5.74) is 3.64. The highest BCUT2D eigenvalue weighted by Gasteiger charge is 2.24. The van der Waals surface area contributed by atoms with E-state index in [1.54, 1.807) is 12.4 Å². The molecule has 0 radical (unpaired) electrons. The van der Waals surface area contributed by atoms with Gasteiger partial charge in [-0.2, -0.15) is 0 Å². The maximum absolute atomic E-state index is 10.2. The highest BCUT2D eigenvalue weighted by atomic mass is 79.9. The standard InChI is InChI=1S/C16H17BrN2O/c17-14-3-1-2-13-12(14)4-5-15(13)19-10-16(20)11-6-8-18-9-7-11/h1-3,6-9,15-16,19-20H,4-5,10H2/t15-,16-/m0/s1. The second-order valence-electron chi connectivity index (χ2n) is 5.10. The summed E-state index contributed by atoms with van der Waals surface area (Å²) in [5, 5.41) is 13.7. The third-order valence-electron chi connectivity index (χ3n) is 3.86. The maximum Gasteiger partial charge on any atom is 0.0915 e. The Morgan fingerprint density at radius 3 is 2.90 bits per heavy atom. The highest BCUT2D eigenvalue weighted by Crippen LogP contribution is 2.35. The molecule has 1 aromatic carbocycles. The minimum absolute atomic E-state index is 0.332. The van der Waals surface area contributed by atoms with Crippen molar-refractivity contribution in [3.63, 3.8) is 0 Å². The molecule has 0 saturated heterocycles. The van der Waals surface area contributed by atoms with E-state index in [4.69, 9.17) is 0 Å². The summed E-state index contributed by atoms with van der Waals surface area (Å²) in [5.74, 6) is 0. The number of aliphatic hydroxyl groups excluding tert-OH is 1. The summed E-state index contributed by atoms with van der Waals surface area (Å²) < 4.78 is 1.19. The highest BCUT2D eigenvalue weighted by molar-refractivity contribution is 9.10. The number of fused-ring (bicyclic) bond motifs is 1. The van der Waals surface area contributed by atoms with Gasteiger partial charge in [0.05, 0.1) is 6.10 Å². The van der Waals surface area contributed by atoms with Crippen LogP contribution in [0.2, 0.25) is 0 Å². The first-order chi connectivity index (χ1) is 9.75. The van der Waals surface area contributed by atoms with Crippen molar-refractivity contribution in [1.82, 2.24) is 10.3 Å². The number of nitrogens with one attached hydrogen (secondary N) is 1. The number of pyridine rings is 1.